The highest BCUT2D eigenvalue weighted by molar-refractivity contribution is 5.81. The smallest absolute Gasteiger partial charge is 0.237 e. The van der Waals surface area contributed by atoms with Crippen LogP contribution in [0.15, 0.2) is 0 Å². The summed E-state index contributed by atoms with van der Waals surface area (Å²) in [6.45, 7) is 8.89. The van der Waals surface area contributed by atoms with Gasteiger partial charge in [0.25, 0.3) is 0 Å². The van der Waals surface area contributed by atoms with Crippen LogP contribution in [-0.2, 0) is 4.79 Å². The lowest BCUT2D eigenvalue weighted by Gasteiger charge is -2.40. The molecule has 1 aliphatic heterocycles. The Morgan fingerprint density at radius 2 is 2.05 bits per heavy atom. The van der Waals surface area contributed by atoms with E-state index in [2.05, 4.69) is 17.1 Å². The second-order valence-corrected chi connectivity index (χ2v) is 5.97. The zero-order chi connectivity index (χ0) is 14.4. The summed E-state index contributed by atoms with van der Waals surface area (Å²) in [7, 11) is 0. The van der Waals surface area contributed by atoms with Crippen molar-refractivity contribution in [2.75, 3.05) is 6.54 Å². The van der Waals surface area contributed by atoms with Gasteiger partial charge < -0.3 is 10.4 Å². The Labute approximate surface area is 117 Å². The van der Waals surface area contributed by atoms with E-state index in [0.29, 0.717) is 6.04 Å². The number of piperidine rings is 1. The molecule has 0 aromatic heterocycles. The van der Waals surface area contributed by atoms with Gasteiger partial charge in [-0.2, -0.15) is 0 Å². The summed E-state index contributed by atoms with van der Waals surface area (Å²) in [6.07, 6.45) is 4.86. The number of likely N-dealkylation sites (tertiary alicyclic amines) is 1. The van der Waals surface area contributed by atoms with E-state index in [1.807, 2.05) is 20.8 Å². The van der Waals surface area contributed by atoms with Gasteiger partial charge in [0.15, 0.2) is 0 Å². The summed E-state index contributed by atoms with van der Waals surface area (Å²) in [5, 5.41) is 12.7. The zero-order valence-corrected chi connectivity index (χ0v) is 12.9. The van der Waals surface area contributed by atoms with Crippen LogP contribution in [0.5, 0.6) is 0 Å². The van der Waals surface area contributed by atoms with E-state index in [0.717, 1.165) is 32.2 Å². The van der Waals surface area contributed by atoms with Crippen LogP contribution < -0.4 is 5.32 Å². The van der Waals surface area contributed by atoms with E-state index in [4.69, 9.17) is 0 Å². The first-order valence-corrected chi connectivity index (χ1v) is 7.69. The topological polar surface area (TPSA) is 52.6 Å². The van der Waals surface area contributed by atoms with Gasteiger partial charge in [-0.15, -0.1) is 0 Å². The molecule has 0 aromatic rings. The Morgan fingerprint density at radius 1 is 1.37 bits per heavy atom. The molecule has 0 spiro atoms. The van der Waals surface area contributed by atoms with Crippen LogP contribution in [0.25, 0.3) is 0 Å². The molecule has 4 heteroatoms. The average molecular weight is 270 g/mol. The van der Waals surface area contributed by atoms with Crippen LogP contribution in [0.2, 0.25) is 0 Å². The molecule has 4 atom stereocenters. The van der Waals surface area contributed by atoms with Gasteiger partial charge in [0.1, 0.15) is 0 Å². The Bertz CT molecular complexity index is 281. The third-order valence-corrected chi connectivity index (χ3v) is 4.16. The second kappa shape index (κ2) is 7.85. The minimum atomic E-state index is -0.296. The Hall–Kier alpha value is -0.610. The first kappa shape index (κ1) is 16.4. The van der Waals surface area contributed by atoms with Gasteiger partial charge in [-0.05, 0) is 53.0 Å². The number of amides is 1. The van der Waals surface area contributed by atoms with E-state index >= 15 is 0 Å². The van der Waals surface area contributed by atoms with Crippen molar-refractivity contribution in [3.8, 4) is 0 Å². The van der Waals surface area contributed by atoms with E-state index in [1.54, 1.807) is 0 Å². The number of nitrogens with zero attached hydrogens (tertiary/aromatic N) is 1. The first-order chi connectivity index (χ1) is 8.95. The van der Waals surface area contributed by atoms with E-state index < -0.39 is 0 Å². The molecule has 0 aliphatic carbocycles. The fourth-order valence-electron chi connectivity index (χ4n) is 2.80. The fourth-order valence-corrected chi connectivity index (χ4v) is 2.80. The van der Waals surface area contributed by atoms with Crippen molar-refractivity contribution in [1.82, 2.24) is 10.2 Å². The number of nitrogens with one attached hydrogen (secondary N) is 1. The largest absolute Gasteiger partial charge is 0.393 e. The summed E-state index contributed by atoms with van der Waals surface area (Å²) in [5.41, 5.74) is 0. The summed E-state index contributed by atoms with van der Waals surface area (Å²) >= 11 is 0. The van der Waals surface area contributed by atoms with Gasteiger partial charge in [0, 0.05) is 12.1 Å². The predicted molar refractivity (Wildman–Crippen MR) is 78.0 cm³/mol. The number of aliphatic hydroxyl groups excluding tert-OH is 1. The van der Waals surface area contributed by atoms with Gasteiger partial charge in [-0.3, -0.25) is 9.69 Å². The van der Waals surface area contributed by atoms with Gasteiger partial charge in [-0.1, -0.05) is 13.3 Å². The lowest BCUT2D eigenvalue weighted by molar-refractivity contribution is -0.128. The third kappa shape index (κ3) is 5.11. The van der Waals surface area contributed by atoms with Crippen molar-refractivity contribution in [2.24, 2.45) is 0 Å². The highest BCUT2D eigenvalue weighted by Crippen LogP contribution is 2.23. The summed E-state index contributed by atoms with van der Waals surface area (Å²) in [5.74, 6) is 0.117. The lowest BCUT2D eigenvalue weighted by Crippen LogP contribution is -2.53. The molecule has 0 saturated carbocycles. The normalized spacial score (nSPS) is 25.6. The minimum Gasteiger partial charge on any atom is -0.393 e. The molecule has 0 bridgehead atoms. The van der Waals surface area contributed by atoms with E-state index in [9.17, 15) is 9.90 Å². The maximum Gasteiger partial charge on any atom is 0.237 e. The monoisotopic (exact) mass is 270 g/mol. The molecule has 0 radical (unpaired) electrons. The average Bonchev–Trinajstić information content (AvgIpc) is 2.37. The van der Waals surface area contributed by atoms with Crippen LogP contribution >= 0.6 is 0 Å². The van der Waals surface area contributed by atoms with Crippen molar-refractivity contribution in [1.29, 1.82) is 0 Å². The molecule has 0 aromatic carbocycles. The number of aliphatic hydroxyl groups is 1. The van der Waals surface area contributed by atoms with Crippen molar-refractivity contribution >= 4 is 5.91 Å². The second-order valence-electron chi connectivity index (χ2n) is 5.97. The van der Waals surface area contributed by atoms with Crippen LogP contribution in [0.3, 0.4) is 0 Å². The Morgan fingerprint density at radius 3 is 2.63 bits per heavy atom. The minimum absolute atomic E-state index is 0.0990. The summed E-state index contributed by atoms with van der Waals surface area (Å²) < 4.78 is 0. The third-order valence-electron chi connectivity index (χ3n) is 4.16. The first-order valence-electron chi connectivity index (χ1n) is 7.69. The van der Waals surface area contributed by atoms with Crippen LogP contribution in [0, 0.1) is 0 Å². The van der Waals surface area contributed by atoms with Crippen molar-refractivity contribution < 1.29 is 9.90 Å². The molecule has 4 nitrogen and oxygen atoms in total. The quantitative estimate of drug-likeness (QED) is 0.775. The maximum absolute atomic E-state index is 12.2. The predicted octanol–water partition coefficient (Wildman–Crippen LogP) is 1.91. The van der Waals surface area contributed by atoms with Gasteiger partial charge in [0.2, 0.25) is 5.91 Å². The summed E-state index contributed by atoms with van der Waals surface area (Å²) in [4.78, 5) is 14.5. The Balaban J connectivity index is 2.60. The molecule has 1 rings (SSSR count). The van der Waals surface area contributed by atoms with E-state index in [1.165, 1.54) is 6.42 Å². The molecule has 4 unspecified atom stereocenters. The van der Waals surface area contributed by atoms with Crippen LogP contribution in [0.4, 0.5) is 0 Å². The van der Waals surface area contributed by atoms with Crippen molar-refractivity contribution in [3.05, 3.63) is 0 Å². The molecule has 1 saturated heterocycles. The number of carbonyl (C=O) groups is 1. The highest BCUT2D eigenvalue weighted by atomic mass is 16.3. The molecule has 2 N–H and O–H groups in total. The number of hydrogen-bond acceptors (Lipinski definition) is 3. The molecular weight excluding hydrogens is 240 g/mol. The SMILES string of the molecule is CCC(C)NC(=O)C(C)N1CCCCC1CC(C)O. The zero-order valence-electron chi connectivity index (χ0n) is 12.9. The van der Waals surface area contributed by atoms with Crippen LogP contribution in [-0.4, -0.2) is 46.7 Å². The standard InChI is InChI=1S/C15H30N2O2/c1-5-11(2)16-15(19)13(4)17-9-7-6-8-14(17)10-12(3)18/h11-14,18H,5-10H2,1-4H3,(H,16,19). The molecule has 1 amide bonds. The Kier molecular flexibility index (Phi) is 6.80. The molecule has 1 heterocycles. The van der Waals surface area contributed by atoms with Gasteiger partial charge >= 0.3 is 0 Å². The number of rotatable bonds is 6. The molecule has 19 heavy (non-hydrogen) atoms. The van der Waals surface area contributed by atoms with Gasteiger partial charge in [-0.25, -0.2) is 0 Å². The molecule has 112 valence electrons. The van der Waals surface area contributed by atoms with E-state index in [-0.39, 0.29) is 24.1 Å². The van der Waals surface area contributed by atoms with Crippen LogP contribution in [0.1, 0.15) is 59.8 Å². The van der Waals surface area contributed by atoms with Gasteiger partial charge in [0.05, 0.1) is 12.1 Å². The molecule has 1 fully saturated rings. The number of hydrogen-bond donors (Lipinski definition) is 2. The number of carbonyl (C=O) groups excluding carboxylic acids is 1. The molecular formula is C15H30N2O2. The summed E-state index contributed by atoms with van der Waals surface area (Å²) in [6, 6.07) is 0.472. The highest BCUT2D eigenvalue weighted by Gasteiger charge is 2.31. The fraction of sp³-hybridized carbons (Fsp3) is 0.933. The maximum atomic E-state index is 12.2. The lowest BCUT2D eigenvalue weighted by atomic mass is 9.95. The van der Waals surface area contributed by atoms with Crippen molar-refractivity contribution in [3.63, 3.8) is 0 Å². The van der Waals surface area contributed by atoms with Crippen molar-refractivity contribution in [2.45, 2.75) is 84.0 Å². The molecule has 1 aliphatic rings.